The first-order valence-electron chi connectivity index (χ1n) is 6.11. The summed E-state index contributed by atoms with van der Waals surface area (Å²) < 4.78 is 0. The molecule has 0 saturated heterocycles. The standard InChI is InChI=1S/C15H14O2S2/c1-8(2)13-9(16)6-7-12-15(13)19-11-5-3-4-10(17)14(11)18-12/h3-8,16-17H,1-2H3. The van der Waals surface area contributed by atoms with Crippen LogP contribution in [0.25, 0.3) is 0 Å². The molecular weight excluding hydrogens is 276 g/mol. The first kappa shape index (κ1) is 12.8. The lowest BCUT2D eigenvalue weighted by atomic mass is 10.0. The fourth-order valence-corrected chi connectivity index (χ4v) is 4.80. The Kier molecular flexibility index (Phi) is 3.15. The summed E-state index contributed by atoms with van der Waals surface area (Å²) >= 11 is 3.19. The Morgan fingerprint density at radius 1 is 0.842 bits per heavy atom. The molecule has 0 atom stereocenters. The first-order valence-corrected chi connectivity index (χ1v) is 7.74. The molecule has 0 amide bonds. The van der Waals surface area contributed by atoms with Crippen LogP contribution in [0.3, 0.4) is 0 Å². The van der Waals surface area contributed by atoms with Crippen molar-refractivity contribution in [1.82, 2.24) is 0 Å². The monoisotopic (exact) mass is 290 g/mol. The summed E-state index contributed by atoms with van der Waals surface area (Å²) in [5.41, 5.74) is 0.990. The van der Waals surface area contributed by atoms with Crippen LogP contribution in [0.1, 0.15) is 25.3 Å². The molecule has 0 aliphatic carbocycles. The largest absolute Gasteiger partial charge is 0.508 e. The quantitative estimate of drug-likeness (QED) is 0.673. The third-order valence-electron chi connectivity index (χ3n) is 3.10. The number of rotatable bonds is 1. The van der Waals surface area contributed by atoms with Crippen molar-refractivity contribution in [3.63, 3.8) is 0 Å². The van der Waals surface area contributed by atoms with E-state index in [-0.39, 0.29) is 5.92 Å². The summed E-state index contributed by atoms with van der Waals surface area (Å²) in [6.07, 6.45) is 0. The molecule has 0 saturated carbocycles. The highest BCUT2D eigenvalue weighted by Gasteiger charge is 2.24. The average Bonchev–Trinajstić information content (AvgIpc) is 2.36. The Morgan fingerprint density at radius 2 is 1.53 bits per heavy atom. The van der Waals surface area contributed by atoms with Gasteiger partial charge in [0.05, 0.1) is 4.90 Å². The molecule has 2 aromatic carbocycles. The molecule has 19 heavy (non-hydrogen) atoms. The maximum Gasteiger partial charge on any atom is 0.130 e. The van der Waals surface area contributed by atoms with E-state index in [0.717, 1.165) is 25.1 Å². The van der Waals surface area contributed by atoms with Gasteiger partial charge in [0.15, 0.2) is 0 Å². The van der Waals surface area contributed by atoms with Gasteiger partial charge >= 0.3 is 0 Å². The molecule has 0 spiro atoms. The van der Waals surface area contributed by atoms with Crippen molar-refractivity contribution >= 4 is 23.5 Å². The molecule has 2 nitrogen and oxygen atoms in total. The van der Waals surface area contributed by atoms with Gasteiger partial charge in [0.1, 0.15) is 11.5 Å². The van der Waals surface area contributed by atoms with Crippen LogP contribution >= 0.6 is 23.5 Å². The zero-order chi connectivity index (χ0) is 13.6. The van der Waals surface area contributed by atoms with Crippen LogP contribution < -0.4 is 0 Å². The van der Waals surface area contributed by atoms with Gasteiger partial charge in [-0.25, -0.2) is 0 Å². The van der Waals surface area contributed by atoms with Crippen LogP contribution in [0.5, 0.6) is 11.5 Å². The van der Waals surface area contributed by atoms with E-state index in [0.29, 0.717) is 11.5 Å². The number of hydrogen-bond donors (Lipinski definition) is 2. The molecule has 4 heteroatoms. The van der Waals surface area contributed by atoms with E-state index >= 15 is 0 Å². The Morgan fingerprint density at radius 3 is 2.26 bits per heavy atom. The fraction of sp³-hybridized carbons (Fsp3) is 0.200. The minimum atomic E-state index is 0.266. The molecule has 98 valence electrons. The fourth-order valence-electron chi connectivity index (χ4n) is 2.22. The van der Waals surface area contributed by atoms with Crippen molar-refractivity contribution in [3.05, 3.63) is 35.9 Å². The highest BCUT2D eigenvalue weighted by atomic mass is 32.2. The van der Waals surface area contributed by atoms with Crippen LogP contribution in [0.4, 0.5) is 0 Å². The molecule has 1 aliphatic rings. The summed E-state index contributed by atoms with van der Waals surface area (Å²) in [5.74, 6) is 0.937. The number of benzene rings is 2. The van der Waals surface area contributed by atoms with Gasteiger partial charge in [0.2, 0.25) is 0 Å². The average molecular weight is 290 g/mol. The molecule has 0 unspecified atom stereocenters. The number of fused-ring (bicyclic) bond motifs is 2. The highest BCUT2D eigenvalue weighted by Crippen LogP contribution is 2.54. The maximum absolute atomic E-state index is 10.1. The van der Waals surface area contributed by atoms with Crippen molar-refractivity contribution in [2.75, 3.05) is 0 Å². The smallest absolute Gasteiger partial charge is 0.130 e. The maximum atomic E-state index is 10.1. The van der Waals surface area contributed by atoms with Crippen molar-refractivity contribution in [3.8, 4) is 11.5 Å². The number of phenolic OH excluding ortho intramolecular Hbond substituents is 2. The zero-order valence-electron chi connectivity index (χ0n) is 10.7. The second-order valence-corrected chi connectivity index (χ2v) is 6.89. The van der Waals surface area contributed by atoms with Gasteiger partial charge in [-0.1, -0.05) is 43.4 Å². The van der Waals surface area contributed by atoms with E-state index in [4.69, 9.17) is 0 Å². The minimum absolute atomic E-state index is 0.266. The molecule has 2 N–H and O–H groups in total. The van der Waals surface area contributed by atoms with Crippen molar-refractivity contribution in [1.29, 1.82) is 0 Å². The molecule has 0 fully saturated rings. The van der Waals surface area contributed by atoms with Gasteiger partial charge in [-0.05, 0) is 30.2 Å². The predicted molar refractivity (Wildman–Crippen MR) is 78.5 cm³/mol. The normalized spacial score (nSPS) is 13.2. The lowest BCUT2D eigenvalue weighted by Gasteiger charge is -2.23. The minimum Gasteiger partial charge on any atom is -0.508 e. The van der Waals surface area contributed by atoms with Gasteiger partial charge in [-0.3, -0.25) is 0 Å². The molecular formula is C15H14O2S2. The SMILES string of the molecule is CC(C)c1c(O)ccc2c1Sc1cccc(O)c1S2. The number of phenols is 2. The second kappa shape index (κ2) is 4.69. The van der Waals surface area contributed by atoms with Crippen LogP contribution in [-0.2, 0) is 0 Å². The molecule has 3 rings (SSSR count). The van der Waals surface area contributed by atoms with E-state index in [9.17, 15) is 10.2 Å². The summed E-state index contributed by atoms with van der Waals surface area (Å²) in [6, 6.07) is 9.23. The molecule has 1 aliphatic heterocycles. The Balaban J connectivity index is 2.17. The Hall–Kier alpha value is -1.26. The van der Waals surface area contributed by atoms with E-state index in [1.54, 1.807) is 35.7 Å². The summed E-state index contributed by atoms with van der Waals surface area (Å²) in [6.45, 7) is 4.16. The predicted octanol–water partition coefficient (Wildman–Crippen LogP) is 4.84. The molecule has 1 heterocycles. The summed E-state index contributed by atoms with van der Waals surface area (Å²) in [4.78, 5) is 4.16. The third-order valence-corrected chi connectivity index (χ3v) is 5.75. The summed E-state index contributed by atoms with van der Waals surface area (Å²) in [7, 11) is 0. The molecule has 2 aromatic rings. The van der Waals surface area contributed by atoms with E-state index in [1.165, 1.54) is 0 Å². The second-order valence-electron chi connectivity index (χ2n) is 4.79. The van der Waals surface area contributed by atoms with Crippen molar-refractivity contribution in [2.45, 2.75) is 39.3 Å². The third kappa shape index (κ3) is 2.09. The van der Waals surface area contributed by atoms with Gasteiger partial charge in [0.25, 0.3) is 0 Å². The van der Waals surface area contributed by atoms with Crippen LogP contribution in [-0.4, -0.2) is 10.2 Å². The van der Waals surface area contributed by atoms with E-state index in [2.05, 4.69) is 13.8 Å². The number of aromatic hydroxyl groups is 2. The van der Waals surface area contributed by atoms with Crippen molar-refractivity contribution < 1.29 is 10.2 Å². The molecule has 0 aromatic heterocycles. The first-order chi connectivity index (χ1) is 9.08. The topological polar surface area (TPSA) is 40.5 Å². The van der Waals surface area contributed by atoms with Gasteiger partial charge in [0, 0.05) is 20.2 Å². The van der Waals surface area contributed by atoms with E-state index in [1.807, 2.05) is 18.2 Å². The van der Waals surface area contributed by atoms with Crippen LogP contribution in [0, 0.1) is 0 Å². The highest BCUT2D eigenvalue weighted by molar-refractivity contribution is 8.05. The molecule has 0 radical (unpaired) electrons. The number of hydrogen-bond acceptors (Lipinski definition) is 4. The molecule has 0 bridgehead atoms. The van der Waals surface area contributed by atoms with Crippen molar-refractivity contribution in [2.24, 2.45) is 0 Å². The van der Waals surface area contributed by atoms with Crippen LogP contribution in [0.15, 0.2) is 49.9 Å². The lowest BCUT2D eigenvalue weighted by Crippen LogP contribution is -1.98. The van der Waals surface area contributed by atoms with Gasteiger partial charge < -0.3 is 10.2 Å². The van der Waals surface area contributed by atoms with Crippen LogP contribution in [0.2, 0.25) is 0 Å². The Bertz CT molecular complexity index is 651. The zero-order valence-corrected chi connectivity index (χ0v) is 12.3. The van der Waals surface area contributed by atoms with Gasteiger partial charge in [-0.2, -0.15) is 0 Å². The van der Waals surface area contributed by atoms with E-state index < -0.39 is 0 Å². The lowest BCUT2D eigenvalue weighted by molar-refractivity contribution is 0.458. The Labute approximate surface area is 120 Å². The van der Waals surface area contributed by atoms with Gasteiger partial charge in [-0.15, -0.1) is 0 Å². The summed E-state index contributed by atoms with van der Waals surface area (Å²) in [5, 5.41) is 20.0.